The van der Waals surface area contributed by atoms with Crippen LogP contribution in [0, 0.1) is 18.3 Å². The molecule has 0 aliphatic carbocycles. The predicted octanol–water partition coefficient (Wildman–Crippen LogP) is 2.48. The second-order valence-corrected chi connectivity index (χ2v) is 3.70. The Morgan fingerprint density at radius 2 is 2.33 bits per heavy atom. The van der Waals surface area contributed by atoms with E-state index in [1.54, 1.807) is 11.3 Å². The minimum Gasteiger partial charge on any atom is -0.241 e. The standard InChI is InChI=1S/C9H6N2S/c1-6-11-8-4-2-3-7(5-10)9(8)12-6/h2-4H,1H3. The fourth-order valence-electron chi connectivity index (χ4n) is 1.15. The molecular weight excluding hydrogens is 168 g/mol. The van der Waals surface area contributed by atoms with Crippen LogP contribution >= 0.6 is 11.3 Å². The molecule has 0 amide bonds. The third-order valence-corrected chi connectivity index (χ3v) is 2.66. The van der Waals surface area contributed by atoms with Crippen molar-refractivity contribution in [2.24, 2.45) is 0 Å². The van der Waals surface area contributed by atoms with Crippen LogP contribution in [0.2, 0.25) is 0 Å². The van der Waals surface area contributed by atoms with Gasteiger partial charge in [-0.3, -0.25) is 0 Å². The number of thiazole rings is 1. The Labute approximate surface area is 74.1 Å². The Balaban J connectivity index is 2.89. The quantitative estimate of drug-likeness (QED) is 0.615. The molecule has 2 rings (SSSR count). The van der Waals surface area contributed by atoms with Crippen LogP contribution in [-0.2, 0) is 0 Å². The van der Waals surface area contributed by atoms with Gasteiger partial charge in [-0.2, -0.15) is 5.26 Å². The van der Waals surface area contributed by atoms with Gasteiger partial charge in [-0.25, -0.2) is 4.98 Å². The van der Waals surface area contributed by atoms with Crippen LogP contribution in [0.1, 0.15) is 10.6 Å². The molecule has 1 aromatic carbocycles. The fourth-order valence-corrected chi connectivity index (χ4v) is 2.03. The molecule has 0 bridgehead atoms. The first-order valence-corrected chi connectivity index (χ1v) is 4.39. The molecule has 0 saturated carbocycles. The van der Waals surface area contributed by atoms with Gasteiger partial charge in [-0.15, -0.1) is 11.3 Å². The smallest absolute Gasteiger partial charge is 0.101 e. The van der Waals surface area contributed by atoms with Gasteiger partial charge in [0, 0.05) is 0 Å². The molecule has 0 saturated heterocycles. The molecule has 2 nitrogen and oxygen atoms in total. The van der Waals surface area contributed by atoms with Crippen molar-refractivity contribution in [3.8, 4) is 6.07 Å². The number of aryl methyl sites for hydroxylation is 1. The summed E-state index contributed by atoms with van der Waals surface area (Å²) in [6.07, 6.45) is 0. The fraction of sp³-hybridized carbons (Fsp3) is 0.111. The van der Waals surface area contributed by atoms with Gasteiger partial charge in [0.25, 0.3) is 0 Å². The second-order valence-electron chi connectivity index (χ2n) is 2.50. The molecule has 0 N–H and O–H groups in total. The van der Waals surface area contributed by atoms with Crippen LogP contribution in [0.15, 0.2) is 18.2 Å². The van der Waals surface area contributed by atoms with E-state index in [9.17, 15) is 0 Å². The minimum atomic E-state index is 0.720. The summed E-state index contributed by atoms with van der Waals surface area (Å²) in [5, 5.41) is 9.78. The molecule has 1 aromatic heterocycles. The van der Waals surface area contributed by atoms with Crippen LogP contribution in [0.5, 0.6) is 0 Å². The summed E-state index contributed by atoms with van der Waals surface area (Å²) in [7, 11) is 0. The lowest BCUT2D eigenvalue weighted by Gasteiger charge is -1.87. The van der Waals surface area contributed by atoms with E-state index in [0.29, 0.717) is 0 Å². The van der Waals surface area contributed by atoms with Crippen molar-refractivity contribution in [1.29, 1.82) is 5.26 Å². The van der Waals surface area contributed by atoms with Gasteiger partial charge in [0.05, 0.1) is 20.8 Å². The number of hydrogen-bond donors (Lipinski definition) is 0. The Hall–Kier alpha value is -1.40. The average Bonchev–Trinajstić information content (AvgIpc) is 2.44. The van der Waals surface area contributed by atoms with Crippen LogP contribution in [0.4, 0.5) is 0 Å². The molecule has 0 atom stereocenters. The van der Waals surface area contributed by atoms with Gasteiger partial charge in [0.15, 0.2) is 0 Å². The van der Waals surface area contributed by atoms with Gasteiger partial charge in [-0.05, 0) is 19.1 Å². The summed E-state index contributed by atoms with van der Waals surface area (Å²) >= 11 is 1.57. The van der Waals surface area contributed by atoms with E-state index in [-0.39, 0.29) is 0 Å². The first kappa shape index (κ1) is 7.26. The molecule has 0 radical (unpaired) electrons. The Bertz CT molecular complexity index is 465. The molecule has 0 aliphatic rings. The van der Waals surface area contributed by atoms with E-state index in [0.717, 1.165) is 20.8 Å². The predicted molar refractivity (Wildman–Crippen MR) is 49.1 cm³/mol. The van der Waals surface area contributed by atoms with Crippen molar-refractivity contribution < 1.29 is 0 Å². The Morgan fingerprint density at radius 3 is 3.08 bits per heavy atom. The van der Waals surface area contributed by atoms with Crippen LogP contribution in [0.3, 0.4) is 0 Å². The lowest BCUT2D eigenvalue weighted by molar-refractivity contribution is 1.35. The third-order valence-electron chi connectivity index (χ3n) is 1.64. The Kier molecular flexibility index (Phi) is 1.56. The van der Waals surface area contributed by atoms with Gasteiger partial charge in [0.1, 0.15) is 6.07 Å². The maximum atomic E-state index is 8.77. The maximum absolute atomic E-state index is 8.77. The molecule has 2 aromatic rings. The summed E-state index contributed by atoms with van der Waals surface area (Å²) in [6.45, 7) is 1.95. The first-order chi connectivity index (χ1) is 5.81. The molecule has 12 heavy (non-hydrogen) atoms. The van der Waals surface area contributed by atoms with Gasteiger partial charge >= 0.3 is 0 Å². The van der Waals surface area contributed by atoms with Gasteiger partial charge in [0.2, 0.25) is 0 Å². The zero-order valence-corrected chi connectivity index (χ0v) is 7.35. The molecule has 58 valence electrons. The minimum absolute atomic E-state index is 0.720. The monoisotopic (exact) mass is 174 g/mol. The average molecular weight is 174 g/mol. The zero-order valence-electron chi connectivity index (χ0n) is 6.53. The number of nitriles is 1. The molecule has 3 heteroatoms. The summed E-state index contributed by atoms with van der Waals surface area (Å²) in [6, 6.07) is 7.76. The highest BCUT2D eigenvalue weighted by atomic mass is 32.1. The van der Waals surface area contributed by atoms with Crippen molar-refractivity contribution in [3.05, 3.63) is 28.8 Å². The first-order valence-electron chi connectivity index (χ1n) is 3.57. The van der Waals surface area contributed by atoms with Crippen molar-refractivity contribution >= 4 is 21.6 Å². The molecule has 0 unspecified atom stereocenters. The number of rotatable bonds is 0. The summed E-state index contributed by atoms with van der Waals surface area (Å²) in [5.41, 5.74) is 1.65. The molecule has 0 spiro atoms. The number of nitrogens with zero attached hydrogens (tertiary/aromatic N) is 2. The normalized spacial score (nSPS) is 10.0. The number of aromatic nitrogens is 1. The van der Waals surface area contributed by atoms with Crippen molar-refractivity contribution in [2.75, 3.05) is 0 Å². The summed E-state index contributed by atoms with van der Waals surface area (Å²) in [4.78, 5) is 4.29. The van der Waals surface area contributed by atoms with E-state index in [1.807, 2.05) is 25.1 Å². The zero-order chi connectivity index (χ0) is 8.55. The van der Waals surface area contributed by atoms with Crippen molar-refractivity contribution in [2.45, 2.75) is 6.92 Å². The molecule has 0 fully saturated rings. The second kappa shape index (κ2) is 2.58. The Morgan fingerprint density at radius 1 is 1.50 bits per heavy atom. The highest BCUT2D eigenvalue weighted by Crippen LogP contribution is 2.24. The van der Waals surface area contributed by atoms with E-state index < -0.39 is 0 Å². The number of benzene rings is 1. The van der Waals surface area contributed by atoms with Crippen molar-refractivity contribution in [1.82, 2.24) is 4.98 Å². The SMILES string of the molecule is Cc1nc2cccc(C#N)c2s1. The van der Waals surface area contributed by atoms with E-state index in [2.05, 4.69) is 11.1 Å². The van der Waals surface area contributed by atoms with E-state index in [4.69, 9.17) is 5.26 Å². The van der Waals surface area contributed by atoms with Crippen LogP contribution in [0.25, 0.3) is 10.2 Å². The van der Waals surface area contributed by atoms with E-state index >= 15 is 0 Å². The molecular formula is C9H6N2S. The highest BCUT2D eigenvalue weighted by Gasteiger charge is 2.03. The lowest BCUT2D eigenvalue weighted by atomic mass is 10.2. The summed E-state index contributed by atoms with van der Waals surface area (Å²) < 4.78 is 0.998. The highest BCUT2D eigenvalue weighted by molar-refractivity contribution is 7.18. The molecule has 1 heterocycles. The lowest BCUT2D eigenvalue weighted by Crippen LogP contribution is -1.73. The number of hydrogen-bond acceptors (Lipinski definition) is 3. The largest absolute Gasteiger partial charge is 0.241 e. The number of fused-ring (bicyclic) bond motifs is 1. The van der Waals surface area contributed by atoms with Crippen LogP contribution in [-0.4, -0.2) is 4.98 Å². The summed E-state index contributed by atoms with van der Waals surface area (Å²) in [5.74, 6) is 0. The topological polar surface area (TPSA) is 36.7 Å². The van der Waals surface area contributed by atoms with E-state index in [1.165, 1.54) is 0 Å². The van der Waals surface area contributed by atoms with Crippen molar-refractivity contribution in [3.63, 3.8) is 0 Å². The van der Waals surface area contributed by atoms with Crippen LogP contribution < -0.4 is 0 Å². The third kappa shape index (κ3) is 0.973. The van der Waals surface area contributed by atoms with Gasteiger partial charge in [-0.1, -0.05) is 6.07 Å². The van der Waals surface area contributed by atoms with Gasteiger partial charge < -0.3 is 0 Å². The molecule has 0 aliphatic heterocycles. The maximum Gasteiger partial charge on any atom is 0.101 e.